The minimum atomic E-state index is 0.239. The highest BCUT2D eigenvalue weighted by Gasteiger charge is 2.43. The minimum Gasteiger partial charge on any atom is -0.374 e. The van der Waals surface area contributed by atoms with E-state index >= 15 is 0 Å². The van der Waals surface area contributed by atoms with Crippen molar-refractivity contribution >= 4 is 0 Å². The van der Waals surface area contributed by atoms with Crippen LogP contribution in [0.2, 0.25) is 0 Å². The fourth-order valence-corrected chi connectivity index (χ4v) is 3.84. The van der Waals surface area contributed by atoms with Crippen LogP contribution in [0.4, 0.5) is 0 Å². The maximum absolute atomic E-state index is 6.28. The van der Waals surface area contributed by atoms with E-state index in [1.54, 1.807) is 0 Å². The monoisotopic (exact) mass is 306 g/mol. The van der Waals surface area contributed by atoms with Crippen LogP contribution in [0.5, 0.6) is 0 Å². The Bertz CT molecular complexity index is 506. The molecule has 0 unspecified atom stereocenters. The summed E-state index contributed by atoms with van der Waals surface area (Å²) in [6, 6.07) is 0.472. The number of hydrogen-bond acceptors (Lipinski definition) is 5. The molecule has 5 heteroatoms. The van der Waals surface area contributed by atoms with E-state index in [2.05, 4.69) is 10.1 Å². The van der Waals surface area contributed by atoms with E-state index in [0.29, 0.717) is 12.1 Å². The van der Waals surface area contributed by atoms with E-state index in [1.807, 2.05) is 13.8 Å². The zero-order chi connectivity index (χ0) is 15.1. The molecule has 1 aliphatic heterocycles. The van der Waals surface area contributed by atoms with Crippen LogP contribution in [-0.4, -0.2) is 48.1 Å². The van der Waals surface area contributed by atoms with E-state index in [9.17, 15) is 0 Å². The van der Waals surface area contributed by atoms with Gasteiger partial charge in [0.25, 0.3) is 0 Å². The first kappa shape index (κ1) is 14.7. The number of aromatic nitrogens is 1. The number of ether oxygens (including phenoxy) is 2. The molecule has 3 atom stereocenters. The van der Waals surface area contributed by atoms with Crippen LogP contribution < -0.4 is 0 Å². The summed E-state index contributed by atoms with van der Waals surface area (Å²) in [6.07, 6.45) is 5.50. The summed E-state index contributed by atoms with van der Waals surface area (Å²) in [6.45, 7) is 7.61. The standard InChI is InChI=1S/C17H26N2O3/c1-11-14(12(2)22-18-11)9-19-7-8-20-16-6-5-15(19)17(16)21-10-13-3-4-13/h13,15-17H,3-10H2,1-2H3/t15-,16-,17-/m0/s1. The smallest absolute Gasteiger partial charge is 0.138 e. The van der Waals surface area contributed by atoms with E-state index < -0.39 is 0 Å². The average molecular weight is 306 g/mol. The van der Waals surface area contributed by atoms with Gasteiger partial charge in [-0.1, -0.05) is 5.16 Å². The van der Waals surface area contributed by atoms with Gasteiger partial charge in [0.15, 0.2) is 0 Å². The predicted molar refractivity (Wildman–Crippen MR) is 81.6 cm³/mol. The lowest BCUT2D eigenvalue weighted by molar-refractivity contribution is -0.0572. The van der Waals surface area contributed by atoms with Gasteiger partial charge in [0, 0.05) is 31.3 Å². The Labute approximate surface area is 131 Å². The largest absolute Gasteiger partial charge is 0.374 e. The van der Waals surface area contributed by atoms with E-state index in [4.69, 9.17) is 14.0 Å². The molecule has 2 saturated carbocycles. The van der Waals surface area contributed by atoms with Gasteiger partial charge >= 0.3 is 0 Å². The Hall–Kier alpha value is -0.910. The van der Waals surface area contributed by atoms with Gasteiger partial charge in [-0.2, -0.15) is 0 Å². The van der Waals surface area contributed by atoms with Gasteiger partial charge in [-0.05, 0) is 45.4 Å². The Morgan fingerprint density at radius 2 is 2.09 bits per heavy atom. The minimum absolute atomic E-state index is 0.239. The summed E-state index contributed by atoms with van der Waals surface area (Å²) in [4.78, 5) is 2.52. The van der Waals surface area contributed by atoms with Gasteiger partial charge in [-0.25, -0.2) is 0 Å². The molecule has 0 radical (unpaired) electrons. The van der Waals surface area contributed by atoms with Gasteiger partial charge in [0.2, 0.25) is 0 Å². The molecule has 3 aliphatic rings. The number of hydrogen-bond donors (Lipinski definition) is 0. The molecule has 0 amide bonds. The molecular formula is C17H26N2O3. The predicted octanol–water partition coefficient (Wildman–Crippen LogP) is 2.45. The molecule has 0 N–H and O–H groups in total. The van der Waals surface area contributed by atoms with Crippen LogP contribution >= 0.6 is 0 Å². The van der Waals surface area contributed by atoms with Crippen molar-refractivity contribution in [3.8, 4) is 0 Å². The van der Waals surface area contributed by atoms with Crippen molar-refractivity contribution in [2.45, 2.75) is 64.3 Å². The summed E-state index contributed by atoms with van der Waals surface area (Å²) in [5.74, 6) is 1.74. The van der Waals surface area contributed by atoms with Gasteiger partial charge in [-0.15, -0.1) is 0 Å². The quantitative estimate of drug-likeness (QED) is 0.836. The molecule has 5 nitrogen and oxygen atoms in total. The highest BCUT2D eigenvalue weighted by molar-refractivity contribution is 5.21. The first-order valence-corrected chi connectivity index (χ1v) is 8.61. The van der Waals surface area contributed by atoms with Crippen molar-refractivity contribution in [2.24, 2.45) is 5.92 Å². The molecule has 0 spiro atoms. The molecule has 122 valence electrons. The zero-order valence-corrected chi connectivity index (χ0v) is 13.6. The van der Waals surface area contributed by atoms with Crippen LogP contribution in [0.25, 0.3) is 0 Å². The number of rotatable bonds is 5. The lowest BCUT2D eigenvalue weighted by atomic mass is 10.1. The Morgan fingerprint density at radius 1 is 1.23 bits per heavy atom. The van der Waals surface area contributed by atoms with Crippen molar-refractivity contribution in [2.75, 3.05) is 19.8 Å². The van der Waals surface area contributed by atoms with Crippen molar-refractivity contribution < 1.29 is 14.0 Å². The third-order valence-electron chi connectivity index (χ3n) is 5.44. The number of aryl methyl sites for hydroxylation is 2. The second-order valence-corrected chi connectivity index (χ2v) is 7.07. The van der Waals surface area contributed by atoms with Crippen molar-refractivity contribution in [3.05, 3.63) is 17.0 Å². The fourth-order valence-electron chi connectivity index (χ4n) is 3.84. The van der Waals surface area contributed by atoms with Crippen molar-refractivity contribution in [3.63, 3.8) is 0 Å². The third-order valence-corrected chi connectivity index (χ3v) is 5.44. The van der Waals surface area contributed by atoms with Crippen LogP contribution in [0.15, 0.2) is 4.52 Å². The van der Waals surface area contributed by atoms with E-state index in [0.717, 1.165) is 50.1 Å². The first-order chi connectivity index (χ1) is 10.7. The summed E-state index contributed by atoms with van der Waals surface area (Å²) in [5, 5.41) is 4.09. The first-order valence-electron chi connectivity index (χ1n) is 8.61. The van der Waals surface area contributed by atoms with Crippen LogP contribution in [0.1, 0.15) is 42.7 Å². The Kier molecular flexibility index (Phi) is 3.96. The molecule has 1 aromatic rings. The summed E-state index contributed by atoms with van der Waals surface area (Å²) < 4.78 is 17.7. The van der Waals surface area contributed by atoms with Crippen LogP contribution in [0, 0.1) is 19.8 Å². The van der Waals surface area contributed by atoms with Crippen molar-refractivity contribution in [1.82, 2.24) is 10.1 Å². The molecule has 1 saturated heterocycles. The highest BCUT2D eigenvalue weighted by Crippen LogP contribution is 2.36. The molecule has 2 heterocycles. The van der Waals surface area contributed by atoms with Gasteiger partial charge in [-0.3, -0.25) is 4.90 Å². The molecule has 1 aromatic heterocycles. The molecular weight excluding hydrogens is 280 g/mol. The molecule has 4 rings (SSSR count). The Balaban J connectivity index is 1.48. The highest BCUT2D eigenvalue weighted by atomic mass is 16.5. The topological polar surface area (TPSA) is 47.7 Å². The number of fused-ring (bicyclic) bond motifs is 2. The average Bonchev–Trinajstić information content (AvgIpc) is 3.19. The summed E-state index contributed by atoms with van der Waals surface area (Å²) in [5.41, 5.74) is 2.24. The second kappa shape index (κ2) is 5.95. The maximum Gasteiger partial charge on any atom is 0.138 e. The van der Waals surface area contributed by atoms with E-state index in [-0.39, 0.29) is 6.10 Å². The Morgan fingerprint density at radius 3 is 2.82 bits per heavy atom. The SMILES string of the molecule is Cc1noc(C)c1CN1CCO[C@H]2CC[C@H]1[C@@H]2OCC1CC1. The fraction of sp³-hybridized carbons (Fsp3) is 0.824. The summed E-state index contributed by atoms with van der Waals surface area (Å²) >= 11 is 0. The molecule has 0 aromatic carbocycles. The maximum atomic E-state index is 6.28. The molecule has 2 bridgehead atoms. The van der Waals surface area contributed by atoms with Crippen LogP contribution in [-0.2, 0) is 16.0 Å². The normalized spacial score (nSPS) is 32.4. The summed E-state index contributed by atoms with van der Waals surface area (Å²) in [7, 11) is 0. The molecule has 22 heavy (non-hydrogen) atoms. The van der Waals surface area contributed by atoms with Gasteiger partial charge < -0.3 is 14.0 Å². The second-order valence-electron chi connectivity index (χ2n) is 7.07. The van der Waals surface area contributed by atoms with Gasteiger partial charge in [0.1, 0.15) is 5.76 Å². The van der Waals surface area contributed by atoms with Gasteiger partial charge in [0.05, 0.1) is 24.5 Å². The third kappa shape index (κ3) is 2.82. The number of nitrogens with zero attached hydrogens (tertiary/aromatic N) is 2. The lowest BCUT2D eigenvalue weighted by Crippen LogP contribution is -2.43. The lowest BCUT2D eigenvalue weighted by Gasteiger charge is -2.31. The van der Waals surface area contributed by atoms with Crippen molar-refractivity contribution in [1.29, 1.82) is 0 Å². The van der Waals surface area contributed by atoms with E-state index in [1.165, 1.54) is 24.8 Å². The van der Waals surface area contributed by atoms with Crippen LogP contribution in [0.3, 0.4) is 0 Å². The molecule has 2 aliphatic carbocycles. The molecule has 3 fully saturated rings. The zero-order valence-electron chi connectivity index (χ0n) is 13.6.